The minimum absolute atomic E-state index is 1.08. The van der Waals surface area contributed by atoms with E-state index < -0.39 is 0 Å². The average molecular weight is 1280 g/mol. The number of anilines is 6. The van der Waals surface area contributed by atoms with Crippen LogP contribution in [0.2, 0.25) is 0 Å². The molecular formula is C94H66N6. The molecule has 0 radical (unpaired) electrons. The first-order chi connectivity index (χ1) is 49.6. The molecule has 3 N–H and O–H groups in total. The molecule has 0 unspecified atom stereocenters. The smallest absolute Gasteiger partial charge is 0.0542 e. The van der Waals surface area contributed by atoms with Crippen molar-refractivity contribution in [3.63, 3.8) is 0 Å². The molecule has 0 aliphatic carbocycles. The van der Waals surface area contributed by atoms with Gasteiger partial charge in [-0.3, -0.25) is 0 Å². The zero-order chi connectivity index (χ0) is 66.3. The van der Waals surface area contributed by atoms with E-state index in [1.54, 1.807) is 0 Å². The standard InChI is InChI=1S/C34H24N2.C32H22N2.C28H20N2/c1-2-9-24(10-3-1)25-17-19-27(20-18-25)35-28-21-22-34-31(23-28)30-14-6-7-15-33(30)36(34)32-16-8-12-26-11-4-5-13-29(26)32;1-2-10-24-20-25(17-16-22(24)8-1)33-26-18-19-32-29(21-26)28-13-5-6-14-31(28)34(32)30-15-7-11-23-9-3-4-12-27(23)30;1-2-10-22(11-3-1)29-23-15-17-28-26(19-23)25-12-6-7-13-27(25)30(28)24-16-14-20-8-4-5-9-21(20)18-24/h1-23,35H;1-21,33H;1-19,29H. The molecule has 0 saturated carbocycles. The Balaban J connectivity index is 0.000000109. The molecule has 20 aromatic rings. The van der Waals surface area contributed by atoms with Crippen LogP contribution in [0.25, 0.3) is 137 Å². The van der Waals surface area contributed by atoms with E-state index in [2.05, 4.69) is 388 Å². The van der Waals surface area contributed by atoms with Gasteiger partial charge < -0.3 is 29.7 Å². The Morgan fingerprint density at radius 2 is 0.480 bits per heavy atom. The van der Waals surface area contributed by atoms with Crippen molar-refractivity contribution >= 4 is 143 Å². The van der Waals surface area contributed by atoms with E-state index in [4.69, 9.17) is 0 Å². The van der Waals surface area contributed by atoms with E-state index >= 15 is 0 Å². The molecule has 3 heterocycles. The van der Waals surface area contributed by atoms with Crippen molar-refractivity contribution in [2.75, 3.05) is 16.0 Å². The van der Waals surface area contributed by atoms with Crippen LogP contribution in [0, 0.1) is 0 Å². The number of para-hydroxylation sites is 4. The second kappa shape index (κ2) is 25.6. The Morgan fingerprint density at radius 3 is 0.990 bits per heavy atom. The van der Waals surface area contributed by atoms with Crippen molar-refractivity contribution in [3.8, 4) is 28.2 Å². The number of nitrogens with one attached hydrogen (secondary N) is 3. The lowest BCUT2D eigenvalue weighted by Crippen LogP contribution is -1.95. The van der Waals surface area contributed by atoms with Gasteiger partial charge in [0.25, 0.3) is 0 Å². The van der Waals surface area contributed by atoms with Crippen molar-refractivity contribution in [1.82, 2.24) is 13.7 Å². The van der Waals surface area contributed by atoms with Gasteiger partial charge in [0, 0.05) is 82.9 Å². The lowest BCUT2D eigenvalue weighted by Gasteiger charge is -2.12. The fraction of sp³-hybridized carbons (Fsp3) is 0. The second-order valence-electron chi connectivity index (χ2n) is 25.5. The molecule has 0 spiro atoms. The first kappa shape index (κ1) is 59.1. The van der Waals surface area contributed by atoms with Gasteiger partial charge >= 0.3 is 0 Å². The van der Waals surface area contributed by atoms with Crippen molar-refractivity contribution in [1.29, 1.82) is 0 Å². The van der Waals surface area contributed by atoms with Crippen LogP contribution in [0.5, 0.6) is 0 Å². The van der Waals surface area contributed by atoms with Gasteiger partial charge in [0.15, 0.2) is 0 Å². The first-order valence-electron chi connectivity index (χ1n) is 34.1. The second-order valence-corrected chi connectivity index (χ2v) is 25.5. The van der Waals surface area contributed by atoms with E-state index in [0.29, 0.717) is 0 Å². The Kier molecular flexibility index (Phi) is 15.1. The zero-order valence-corrected chi connectivity index (χ0v) is 54.7. The maximum atomic E-state index is 3.62. The van der Waals surface area contributed by atoms with Crippen LogP contribution in [0.4, 0.5) is 34.1 Å². The summed E-state index contributed by atoms with van der Waals surface area (Å²) in [4.78, 5) is 0. The molecule has 20 rings (SSSR count). The third-order valence-electron chi connectivity index (χ3n) is 19.4. The maximum Gasteiger partial charge on any atom is 0.0542 e. The highest BCUT2D eigenvalue weighted by atomic mass is 15.0. The summed E-state index contributed by atoms with van der Waals surface area (Å²) in [6, 6.07) is 136. The first-order valence-corrected chi connectivity index (χ1v) is 34.1. The summed E-state index contributed by atoms with van der Waals surface area (Å²) in [6.07, 6.45) is 0. The minimum atomic E-state index is 1.08. The molecule has 3 aromatic heterocycles. The number of fused-ring (bicyclic) bond motifs is 13. The van der Waals surface area contributed by atoms with Crippen LogP contribution in [-0.4, -0.2) is 13.7 Å². The summed E-state index contributed by atoms with van der Waals surface area (Å²) in [7, 11) is 0. The molecule has 6 heteroatoms. The molecule has 17 aromatic carbocycles. The monoisotopic (exact) mass is 1280 g/mol. The lowest BCUT2D eigenvalue weighted by molar-refractivity contribution is 1.19. The lowest BCUT2D eigenvalue weighted by atomic mass is 10.1. The largest absolute Gasteiger partial charge is 0.356 e. The molecule has 0 bridgehead atoms. The van der Waals surface area contributed by atoms with E-state index in [-0.39, 0.29) is 0 Å². The Labute approximate surface area is 579 Å². The minimum Gasteiger partial charge on any atom is -0.356 e. The number of hydrogen-bond acceptors (Lipinski definition) is 3. The summed E-state index contributed by atoms with van der Waals surface area (Å²) < 4.78 is 7.15. The van der Waals surface area contributed by atoms with Crippen LogP contribution in [0.15, 0.2) is 382 Å². The summed E-state index contributed by atoms with van der Waals surface area (Å²) in [5.74, 6) is 0. The number of nitrogens with zero attached hydrogens (tertiary/aromatic N) is 3. The summed E-state index contributed by atoms with van der Waals surface area (Å²) in [6.45, 7) is 0. The molecule has 0 saturated heterocycles. The summed E-state index contributed by atoms with van der Waals surface area (Å²) >= 11 is 0. The van der Waals surface area contributed by atoms with Crippen LogP contribution < -0.4 is 16.0 Å². The number of rotatable bonds is 10. The van der Waals surface area contributed by atoms with Gasteiger partial charge in [-0.15, -0.1) is 0 Å². The molecule has 100 heavy (non-hydrogen) atoms. The molecule has 0 fully saturated rings. The van der Waals surface area contributed by atoms with E-state index in [0.717, 1.165) is 34.1 Å². The third-order valence-corrected chi connectivity index (χ3v) is 19.4. The highest BCUT2D eigenvalue weighted by molar-refractivity contribution is 6.14. The molecule has 0 aliphatic rings. The van der Waals surface area contributed by atoms with Gasteiger partial charge in [-0.25, -0.2) is 0 Å². The van der Waals surface area contributed by atoms with Gasteiger partial charge in [-0.05, 0) is 177 Å². The van der Waals surface area contributed by atoms with Crippen LogP contribution in [0.1, 0.15) is 0 Å². The molecule has 0 amide bonds. The molecule has 0 aliphatic heterocycles. The van der Waals surface area contributed by atoms with Crippen LogP contribution >= 0.6 is 0 Å². The Hall–Kier alpha value is -13.4. The zero-order valence-electron chi connectivity index (χ0n) is 54.7. The van der Waals surface area contributed by atoms with E-state index in [9.17, 15) is 0 Å². The molecule has 6 nitrogen and oxygen atoms in total. The van der Waals surface area contributed by atoms with Gasteiger partial charge in [0.2, 0.25) is 0 Å². The van der Waals surface area contributed by atoms with Gasteiger partial charge in [-0.1, -0.05) is 249 Å². The Bertz CT molecular complexity index is 6430. The normalized spacial score (nSPS) is 11.4. The van der Waals surface area contributed by atoms with Crippen LogP contribution in [0.3, 0.4) is 0 Å². The van der Waals surface area contributed by atoms with Gasteiger partial charge in [-0.2, -0.15) is 0 Å². The molecule has 472 valence electrons. The highest BCUT2D eigenvalue weighted by Crippen LogP contribution is 2.40. The van der Waals surface area contributed by atoms with Gasteiger partial charge in [0.05, 0.1) is 44.5 Å². The number of benzene rings is 17. The predicted octanol–water partition coefficient (Wildman–Crippen LogP) is 25.9. The highest BCUT2D eigenvalue weighted by Gasteiger charge is 2.18. The quantitative estimate of drug-likeness (QED) is 0.128. The van der Waals surface area contributed by atoms with Crippen molar-refractivity contribution in [2.24, 2.45) is 0 Å². The topological polar surface area (TPSA) is 50.9 Å². The van der Waals surface area contributed by atoms with Crippen molar-refractivity contribution in [3.05, 3.63) is 382 Å². The van der Waals surface area contributed by atoms with Crippen molar-refractivity contribution < 1.29 is 0 Å². The van der Waals surface area contributed by atoms with E-state index in [1.807, 2.05) is 24.3 Å². The molecular weight excluding hydrogens is 1210 g/mol. The molecule has 0 atom stereocenters. The summed E-state index contributed by atoms with van der Waals surface area (Å²) in [5, 5.41) is 28.3. The number of aromatic nitrogens is 3. The Morgan fingerprint density at radius 1 is 0.160 bits per heavy atom. The fourth-order valence-electron chi connectivity index (χ4n) is 14.7. The van der Waals surface area contributed by atoms with Gasteiger partial charge in [0.1, 0.15) is 0 Å². The third kappa shape index (κ3) is 11.1. The number of hydrogen-bond donors (Lipinski definition) is 3. The summed E-state index contributed by atoms with van der Waals surface area (Å²) in [5.41, 5.74) is 19.8. The SMILES string of the molecule is c1ccc(-c2ccc(Nc3ccc4c(c3)c3ccccc3n4-c3cccc4ccccc34)cc2)cc1.c1ccc(Nc2ccc3c(c2)c2ccccc2n3-c2ccc3ccccc3c2)cc1.c1ccc2cc(Nc3ccc4c(c3)c3ccccc3n4-c3cccc4ccccc34)ccc2c1. The van der Waals surface area contributed by atoms with E-state index in [1.165, 1.54) is 137 Å². The maximum absolute atomic E-state index is 3.62. The van der Waals surface area contributed by atoms with Crippen LogP contribution in [-0.2, 0) is 0 Å². The fourth-order valence-corrected chi connectivity index (χ4v) is 14.7. The average Bonchev–Trinajstić information content (AvgIpc) is 1.59. The predicted molar refractivity (Wildman–Crippen MR) is 427 cm³/mol. The van der Waals surface area contributed by atoms with Crippen molar-refractivity contribution in [2.45, 2.75) is 0 Å².